The van der Waals surface area contributed by atoms with Crippen molar-refractivity contribution in [3.05, 3.63) is 51.4 Å². The van der Waals surface area contributed by atoms with Crippen molar-refractivity contribution in [3.63, 3.8) is 0 Å². The van der Waals surface area contributed by atoms with Crippen LogP contribution in [0.5, 0.6) is 6.01 Å². The molecule has 0 radical (unpaired) electrons. The van der Waals surface area contributed by atoms with Gasteiger partial charge in [-0.1, -0.05) is 11.6 Å². The van der Waals surface area contributed by atoms with Gasteiger partial charge in [0, 0.05) is 41.6 Å². The number of hydrazone groups is 1. The molecular weight excluding hydrogens is 412 g/mol. The zero-order chi connectivity index (χ0) is 20.9. The molecule has 4 heterocycles. The van der Waals surface area contributed by atoms with E-state index in [-0.39, 0.29) is 11.8 Å². The normalized spacial score (nSPS) is 22.0. The maximum Gasteiger partial charge on any atom is 0.416 e. The van der Waals surface area contributed by atoms with Gasteiger partial charge in [0.1, 0.15) is 17.5 Å². The predicted octanol–water partition coefficient (Wildman–Crippen LogP) is 2.95. The van der Waals surface area contributed by atoms with Gasteiger partial charge in [0.2, 0.25) is 0 Å². The van der Waals surface area contributed by atoms with Crippen LogP contribution in [0.3, 0.4) is 0 Å². The lowest BCUT2D eigenvalue weighted by molar-refractivity contribution is -0.389. The van der Waals surface area contributed by atoms with Crippen LogP contribution in [0.1, 0.15) is 12.7 Å². The number of imidazole rings is 1. The van der Waals surface area contributed by atoms with E-state index in [2.05, 4.69) is 15.0 Å². The van der Waals surface area contributed by atoms with Gasteiger partial charge in [0.15, 0.2) is 5.72 Å². The van der Waals surface area contributed by atoms with Crippen LogP contribution in [-0.4, -0.2) is 62.5 Å². The monoisotopic (exact) mass is 430 g/mol. The Morgan fingerprint density at radius 3 is 2.83 bits per heavy atom. The Morgan fingerprint density at radius 1 is 1.30 bits per heavy atom. The van der Waals surface area contributed by atoms with Crippen molar-refractivity contribution in [1.29, 1.82) is 0 Å². The Balaban J connectivity index is 1.20. The maximum absolute atomic E-state index is 10.9. The number of hydrogen-bond donors (Lipinski definition) is 0. The van der Waals surface area contributed by atoms with E-state index in [1.54, 1.807) is 16.8 Å². The Hall–Kier alpha value is -3.11. The van der Waals surface area contributed by atoms with Crippen molar-refractivity contribution in [1.82, 2.24) is 19.5 Å². The van der Waals surface area contributed by atoms with Crippen molar-refractivity contribution >= 4 is 34.6 Å². The Labute approximate surface area is 176 Å². The summed E-state index contributed by atoms with van der Waals surface area (Å²) in [6, 6.07) is 7.70. The second kappa shape index (κ2) is 6.99. The maximum atomic E-state index is 10.9. The number of fused-ring (bicyclic) bond motifs is 2. The van der Waals surface area contributed by atoms with E-state index in [0.717, 1.165) is 37.1 Å². The van der Waals surface area contributed by atoms with Crippen molar-refractivity contribution < 1.29 is 14.1 Å². The second-order valence-electron chi connectivity index (χ2n) is 7.56. The van der Waals surface area contributed by atoms with Crippen LogP contribution in [0, 0.1) is 10.1 Å². The van der Waals surface area contributed by atoms with Crippen LogP contribution >= 0.6 is 11.6 Å². The number of aromatic nitrogens is 2. The molecule has 30 heavy (non-hydrogen) atoms. The molecule has 0 aliphatic carbocycles. The summed E-state index contributed by atoms with van der Waals surface area (Å²) in [6.45, 7) is 5.42. The average molecular weight is 431 g/mol. The summed E-state index contributed by atoms with van der Waals surface area (Å²) in [4.78, 5) is 16.5. The van der Waals surface area contributed by atoms with Crippen LogP contribution < -0.4 is 4.74 Å². The number of furan rings is 1. The van der Waals surface area contributed by atoms with E-state index < -0.39 is 10.6 Å². The molecule has 3 aromatic rings. The van der Waals surface area contributed by atoms with Crippen LogP contribution in [0.4, 0.5) is 5.82 Å². The predicted molar refractivity (Wildman–Crippen MR) is 110 cm³/mol. The number of rotatable bonds is 4. The zero-order valence-electron chi connectivity index (χ0n) is 16.2. The number of piperazine rings is 1. The first-order chi connectivity index (χ1) is 14.4. The van der Waals surface area contributed by atoms with Gasteiger partial charge in [0.05, 0.1) is 12.8 Å². The Kier molecular flexibility index (Phi) is 4.40. The molecular formula is C19H19ClN6O4. The van der Waals surface area contributed by atoms with Crippen molar-refractivity contribution in [2.45, 2.75) is 19.2 Å². The van der Waals surface area contributed by atoms with Gasteiger partial charge in [-0.05, 0) is 36.1 Å². The van der Waals surface area contributed by atoms with E-state index >= 15 is 0 Å². The molecule has 0 spiro atoms. The van der Waals surface area contributed by atoms with E-state index in [4.69, 9.17) is 20.8 Å². The molecule has 156 valence electrons. The molecule has 0 amide bonds. The second-order valence-corrected chi connectivity index (χ2v) is 8.00. The lowest BCUT2D eigenvalue weighted by Gasteiger charge is -2.41. The van der Waals surface area contributed by atoms with E-state index in [9.17, 15) is 10.1 Å². The minimum atomic E-state index is -0.578. The summed E-state index contributed by atoms with van der Waals surface area (Å²) in [6.07, 6.45) is 3.13. The standard InChI is InChI=1S/C19H19ClN6O4/c1-19(12-23-11-17(26(27)28)22-18(23)30-19)24-4-6-25(7-5-24)21-10-15-9-13-8-14(20)2-3-16(13)29-15/h2-3,8-11H,4-7,12H2,1H3/t19-/m0/s1. The topological polar surface area (TPSA) is 102 Å². The first-order valence-electron chi connectivity index (χ1n) is 9.53. The molecule has 0 N–H and O–H groups in total. The molecule has 5 rings (SSSR count). The van der Waals surface area contributed by atoms with Crippen molar-refractivity contribution in [3.8, 4) is 6.01 Å². The van der Waals surface area contributed by atoms with Crippen molar-refractivity contribution in [2.24, 2.45) is 5.10 Å². The first-order valence-corrected chi connectivity index (χ1v) is 9.91. The summed E-state index contributed by atoms with van der Waals surface area (Å²) >= 11 is 6.02. The van der Waals surface area contributed by atoms with Gasteiger partial charge in [-0.2, -0.15) is 5.10 Å². The highest BCUT2D eigenvalue weighted by Crippen LogP contribution is 2.33. The third-order valence-electron chi connectivity index (χ3n) is 5.46. The molecule has 10 nitrogen and oxygen atoms in total. The molecule has 2 aliphatic heterocycles. The Morgan fingerprint density at radius 2 is 2.10 bits per heavy atom. The minimum absolute atomic E-state index is 0.195. The quantitative estimate of drug-likeness (QED) is 0.356. The van der Waals surface area contributed by atoms with Gasteiger partial charge >= 0.3 is 11.8 Å². The third-order valence-corrected chi connectivity index (χ3v) is 5.69. The van der Waals surface area contributed by atoms with Gasteiger partial charge in [0.25, 0.3) is 0 Å². The number of nitro groups is 1. The average Bonchev–Trinajstić information content (AvgIpc) is 3.37. The van der Waals surface area contributed by atoms with Crippen LogP contribution in [0.25, 0.3) is 11.0 Å². The largest absolute Gasteiger partial charge is 0.455 e. The smallest absolute Gasteiger partial charge is 0.416 e. The van der Waals surface area contributed by atoms with Crippen molar-refractivity contribution in [2.75, 3.05) is 26.2 Å². The molecule has 11 heteroatoms. The van der Waals surface area contributed by atoms with E-state index in [0.29, 0.717) is 17.3 Å². The van der Waals surface area contributed by atoms with Gasteiger partial charge < -0.3 is 19.3 Å². The summed E-state index contributed by atoms with van der Waals surface area (Å²) in [5.74, 6) is 0.479. The SMILES string of the molecule is C[C@@]1(N2CCN(N=Cc3cc4cc(Cl)ccc4o3)CC2)Cn2cc([N+](=O)[O-])nc2O1. The first kappa shape index (κ1) is 18.9. The van der Waals surface area contributed by atoms with Gasteiger partial charge in [-0.25, -0.2) is 0 Å². The number of hydrogen-bond acceptors (Lipinski definition) is 8. The number of benzene rings is 1. The summed E-state index contributed by atoms with van der Waals surface area (Å²) in [5.41, 5.74) is 0.195. The molecule has 2 aliphatic rings. The third kappa shape index (κ3) is 3.37. The summed E-state index contributed by atoms with van der Waals surface area (Å²) < 4.78 is 13.4. The Bertz CT molecular complexity index is 1120. The molecule has 1 aromatic carbocycles. The molecule has 0 saturated carbocycles. The fourth-order valence-corrected chi connectivity index (χ4v) is 4.08. The van der Waals surface area contributed by atoms with Gasteiger partial charge in [-0.15, -0.1) is 0 Å². The summed E-state index contributed by atoms with van der Waals surface area (Å²) in [5, 5.41) is 19.0. The molecule has 0 bridgehead atoms. The molecule has 1 atom stereocenters. The molecule has 2 aromatic heterocycles. The summed E-state index contributed by atoms with van der Waals surface area (Å²) in [7, 11) is 0. The zero-order valence-corrected chi connectivity index (χ0v) is 16.9. The lowest BCUT2D eigenvalue weighted by atomic mass is 10.2. The minimum Gasteiger partial charge on any atom is -0.455 e. The highest BCUT2D eigenvalue weighted by atomic mass is 35.5. The number of ether oxygens (including phenoxy) is 1. The lowest BCUT2D eigenvalue weighted by Crippen LogP contribution is -2.57. The molecule has 1 saturated heterocycles. The van der Waals surface area contributed by atoms with Gasteiger partial charge in [-0.3, -0.25) is 14.5 Å². The van der Waals surface area contributed by atoms with Crippen LogP contribution in [-0.2, 0) is 6.54 Å². The highest BCUT2D eigenvalue weighted by Gasteiger charge is 2.45. The fraction of sp³-hybridized carbons (Fsp3) is 0.368. The van der Waals surface area contributed by atoms with Crippen LogP contribution in [0.15, 0.2) is 40.0 Å². The fourth-order valence-electron chi connectivity index (χ4n) is 3.90. The molecule has 1 fully saturated rings. The number of halogens is 1. The number of nitrogens with zero attached hydrogens (tertiary/aromatic N) is 6. The molecule has 0 unspecified atom stereocenters. The highest BCUT2D eigenvalue weighted by molar-refractivity contribution is 6.31. The van der Waals surface area contributed by atoms with Crippen LogP contribution in [0.2, 0.25) is 5.02 Å². The van der Waals surface area contributed by atoms with E-state index in [1.807, 2.05) is 30.1 Å². The van der Waals surface area contributed by atoms with E-state index in [1.165, 1.54) is 6.20 Å².